The summed E-state index contributed by atoms with van der Waals surface area (Å²) in [5.41, 5.74) is 7.70. The maximum absolute atomic E-state index is 11.9. The minimum Gasteiger partial charge on any atom is -0.383 e. The first-order chi connectivity index (χ1) is 10.1. The summed E-state index contributed by atoms with van der Waals surface area (Å²) < 4.78 is 6.80. The van der Waals surface area contributed by atoms with Crippen LogP contribution in [0.25, 0.3) is 5.69 Å². The fourth-order valence-corrected chi connectivity index (χ4v) is 2.03. The fourth-order valence-electron chi connectivity index (χ4n) is 2.03. The second-order valence-electron chi connectivity index (χ2n) is 4.86. The smallest absolute Gasteiger partial charge is 0.239 e. The van der Waals surface area contributed by atoms with E-state index in [9.17, 15) is 4.79 Å². The third-order valence-corrected chi connectivity index (χ3v) is 3.21. The number of benzene rings is 1. The van der Waals surface area contributed by atoms with Crippen molar-refractivity contribution in [2.75, 3.05) is 13.7 Å². The molecule has 2 unspecified atom stereocenters. The number of rotatable bonds is 6. The van der Waals surface area contributed by atoms with Crippen LogP contribution in [0.5, 0.6) is 0 Å². The number of nitrogens with two attached hydrogens (primary N) is 1. The predicted octanol–water partition coefficient (Wildman–Crippen LogP) is 1.87. The van der Waals surface area contributed by atoms with Crippen LogP contribution in [0, 0.1) is 0 Å². The zero-order valence-corrected chi connectivity index (χ0v) is 14.6. The number of halogens is 2. The molecule has 2 aromatic rings. The lowest BCUT2D eigenvalue weighted by molar-refractivity contribution is -0.124. The van der Waals surface area contributed by atoms with Gasteiger partial charge in [0, 0.05) is 25.2 Å². The van der Waals surface area contributed by atoms with Crippen molar-refractivity contribution in [3.8, 4) is 5.69 Å². The van der Waals surface area contributed by atoms with E-state index in [0.29, 0.717) is 0 Å². The van der Waals surface area contributed by atoms with E-state index in [1.165, 1.54) is 7.11 Å². The number of hydrogen-bond donors (Lipinski definition) is 2. The first-order valence-corrected chi connectivity index (χ1v) is 6.75. The molecule has 128 valence electrons. The first-order valence-electron chi connectivity index (χ1n) is 6.75. The van der Waals surface area contributed by atoms with E-state index in [0.717, 1.165) is 11.3 Å². The minimum atomic E-state index is -0.658. The Balaban J connectivity index is 0.00000242. The van der Waals surface area contributed by atoms with Crippen molar-refractivity contribution < 1.29 is 9.53 Å². The quantitative estimate of drug-likeness (QED) is 0.823. The monoisotopic (exact) mass is 360 g/mol. The Morgan fingerprint density at radius 2 is 2.17 bits per heavy atom. The molecule has 0 aliphatic rings. The third-order valence-electron chi connectivity index (χ3n) is 3.21. The Labute approximate surface area is 148 Å². The van der Waals surface area contributed by atoms with Gasteiger partial charge in [-0.25, -0.2) is 4.98 Å². The van der Waals surface area contributed by atoms with E-state index in [-0.39, 0.29) is 43.4 Å². The summed E-state index contributed by atoms with van der Waals surface area (Å²) in [6.07, 6.45) is 5.33. The van der Waals surface area contributed by atoms with E-state index in [2.05, 4.69) is 10.3 Å². The van der Waals surface area contributed by atoms with E-state index >= 15 is 0 Å². The third kappa shape index (κ3) is 5.84. The van der Waals surface area contributed by atoms with Crippen LogP contribution in [0.15, 0.2) is 43.0 Å². The molecule has 6 nitrogen and oxygen atoms in total. The van der Waals surface area contributed by atoms with Crippen molar-refractivity contribution in [2.45, 2.75) is 19.0 Å². The molecule has 0 radical (unpaired) electrons. The van der Waals surface area contributed by atoms with E-state index in [1.54, 1.807) is 12.5 Å². The van der Waals surface area contributed by atoms with Crippen molar-refractivity contribution in [2.24, 2.45) is 5.73 Å². The number of ether oxygens (including phenoxy) is 1. The van der Waals surface area contributed by atoms with Gasteiger partial charge in [0.1, 0.15) is 6.04 Å². The minimum absolute atomic E-state index is 0. The van der Waals surface area contributed by atoms with Crippen molar-refractivity contribution in [1.82, 2.24) is 14.9 Å². The molecule has 1 heterocycles. The van der Waals surface area contributed by atoms with Crippen LogP contribution in [0.1, 0.15) is 18.5 Å². The Bertz CT molecular complexity index is 593. The highest BCUT2D eigenvalue weighted by atomic mass is 35.5. The molecule has 0 aliphatic carbocycles. The van der Waals surface area contributed by atoms with Gasteiger partial charge in [-0.3, -0.25) is 4.79 Å². The van der Waals surface area contributed by atoms with Gasteiger partial charge in [-0.1, -0.05) is 12.1 Å². The molecule has 0 saturated carbocycles. The highest BCUT2D eigenvalue weighted by molar-refractivity contribution is 5.85. The molecule has 1 aromatic carbocycles. The van der Waals surface area contributed by atoms with Gasteiger partial charge in [-0.2, -0.15) is 0 Å². The Hall–Kier alpha value is -1.60. The molecular weight excluding hydrogens is 339 g/mol. The second kappa shape index (κ2) is 10.2. The SMILES string of the molecule is COCC(N)C(=O)NC(C)c1cccc(-n2ccnc2)c1.Cl.Cl. The maximum atomic E-state index is 11.9. The van der Waals surface area contributed by atoms with Crippen LogP contribution in [0.4, 0.5) is 0 Å². The molecule has 0 aliphatic heterocycles. The molecule has 0 bridgehead atoms. The first kappa shape index (κ1) is 21.4. The molecule has 1 aromatic heterocycles. The van der Waals surface area contributed by atoms with Crippen molar-refractivity contribution in [1.29, 1.82) is 0 Å². The van der Waals surface area contributed by atoms with Crippen LogP contribution in [0.3, 0.4) is 0 Å². The number of aromatic nitrogens is 2. The van der Waals surface area contributed by atoms with E-state index in [1.807, 2.05) is 42.0 Å². The number of imidazole rings is 1. The molecule has 23 heavy (non-hydrogen) atoms. The second-order valence-corrected chi connectivity index (χ2v) is 4.86. The number of methoxy groups -OCH3 is 1. The number of nitrogens with one attached hydrogen (secondary N) is 1. The summed E-state index contributed by atoms with van der Waals surface area (Å²) >= 11 is 0. The average molecular weight is 361 g/mol. The van der Waals surface area contributed by atoms with Crippen molar-refractivity contribution >= 4 is 30.7 Å². The van der Waals surface area contributed by atoms with Crippen LogP contribution in [0.2, 0.25) is 0 Å². The van der Waals surface area contributed by atoms with Crippen LogP contribution in [-0.4, -0.2) is 35.2 Å². The number of hydrogen-bond acceptors (Lipinski definition) is 4. The molecular formula is C15H22Cl2N4O2. The molecule has 8 heteroatoms. The number of carbonyl (C=O) groups excluding carboxylic acids is 1. The zero-order valence-electron chi connectivity index (χ0n) is 13.0. The van der Waals surface area contributed by atoms with Crippen molar-refractivity contribution in [3.05, 3.63) is 48.5 Å². The topological polar surface area (TPSA) is 82.2 Å². The maximum Gasteiger partial charge on any atom is 0.239 e. The number of nitrogens with zero attached hydrogens (tertiary/aromatic N) is 2. The van der Waals surface area contributed by atoms with Gasteiger partial charge in [0.2, 0.25) is 5.91 Å². The Morgan fingerprint density at radius 3 is 2.78 bits per heavy atom. The van der Waals surface area contributed by atoms with Crippen LogP contribution < -0.4 is 11.1 Å². The van der Waals surface area contributed by atoms with Gasteiger partial charge in [0.25, 0.3) is 0 Å². The highest BCUT2D eigenvalue weighted by Crippen LogP contribution is 2.16. The zero-order chi connectivity index (χ0) is 15.2. The van der Waals surface area contributed by atoms with Gasteiger partial charge in [-0.15, -0.1) is 24.8 Å². The Kier molecular flexibility index (Phi) is 9.52. The summed E-state index contributed by atoms with van der Waals surface area (Å²) in [7, 11) is 1.52. The van der Waals surface area contributed by atoms with Gasteiger partial charge < -0.3 is 20.4 Å². The van der Waals surface area contributed by atoms with Gasteiger partial charge in [0.05, 0.1) is 19.0 Å². The standard InChI is InChI=1S/C15H20N4O2.2ClH/c1-11(18-15(20)14(16)9-21-2)12-4-3-5-13(8-12)19-7-6-17-10-19;;/h3-8,10-11,14H,9,16H2,1-2H3,(H,18,20);2*1H. The molecule has 2 rings (SSSR count). The van der Waals surface area contributed by atoms with E-state index < -0.39 is 6.04 Å². The van der Waals surface area contributed by atoms with Gasteiger partial charge >= 0.3 is 0 Å². The lowest BCUT2D eigenvalue weighted by Gasteiger charge is -2.18. The molecule has 2 atom stereocenters. The largest absolute Gasteiger partial charge is 0.383 e. The van der Waals surface area contributed by atoms with E-state index in [4.69, 9.17) is 10.5 Å². The molecule has 0 saturated heterocycles. The Morgan fingerprint density at radius 1 is 1.43 bits per heavy atom. The lowest BCUT2D eigenvalue weighted by atomic mass is 10.1. The lowest BCUT2D eigenvalue weighted by Crippen LogP contribution is -2.44. The number of carbonyl (C=O) groups is 1. The normalized spacial score (nSPS) is 12.5. The van der Waals surface area contributed by atoms with Crippen molar-refractivity contribution in [3.63, 3.8) is 0 Å². The summed E-state index contributed by atoms with van der Waals surface area (Å²) in [6, 6.07) is 7.11. The molecule has 1 amide bonds. The number of amides is 1. The molecule has 3 N–H and O–H groups in total. The van der Waals surface area contributed by atoms with Crippen LogP contribution in [-0.2, 0) is 9.53 Å². The molecule has 0 fully saturated rings. The van der Waals surface area contributed by atoms with Gasteiger partial charge in [-0.05, 0) is 24.6 Å². The molecule has 0 spiro atoms. The fraction of sp³-hybridized carbons (Fsp3) is 0.333. The predicted molar refractivity (Wildman–Crippen MR) is 94.5 cm³/mol. The summed E-state index contributed by atoms with van der Waals surface area (Å²) in [5, 5.41) is 2.88. The summed E-state index contributed by atoms with van der Waals surface area (Å²) in [4.78, 5) is 15.9. The van der Waals surface area contributed by atoms with Crippen LogP contribution >= 0.6 is 24.8 Å². The summed E-state index contributed by atoms with van der Waals surface area (Å²) in [6.45, 7) is 2.12. The van der Waals surface area contributed by atoms with Gasteiger partial charge in [0.15, 0.2) is 0 Å². The highest BCUT2D eigenvalue weighted by Gasteiger charge is 2.16. The summed E-state index contributed by atoms with van der Waals surface area (Å²) in [5.74, 6) is -0.225. The average Bonchev–Trinajstić information content (AvgIpc) is 3.01.